The first-order valence-electron chi connectivity index (χ1n) is 4.84. The third-order valence-corrected chi connectivity index (χ3v) is 1.14. The highest BCUT2D eigenvalue weighted by molar-refractivity contribution is 5.78. The smallest absolute Gasteiger partial charge is 0.327 e. The number of ether oxygens (including phenoxy) is 2. The summed E-state index contributed by atoms with van der Waals surface area (Å²) in [6, 6.07) is 0. The predicted octanol–water partition coefficient (Wildman–Crippen LogP) is -0.350. The monoisotopic (exact) mass is 236 g/mol. The molecule has 1 unspecified atom stereocenters. The number of aliphatic hydroxyl groups excluding tert-OH is 2. The number of hydrogen-bond acceptors (Lipinski definition) is 5. The summed E-state index contributed by atoms with van der Waals surface area (Å²) in [6.07, 6.45) is 0.410. The van der Waals surface area contributed by atoms with Crippen molar-refractivity contribution in [3.8, 4) is 0 Å². The largest absolute Gasteiger partial charge is 0.478 e. The molecule has 0 aliphatic heterocycles. The van der Waals surface area contributed by atoms with Gasteiger partial charge in [0.15, 0.2) is 0 Å². The summed E-state index contributed by atoms with van der Waals surface area (Å²) in [5.74, 6) is -0.981. The summed E-state index contributed by atoms with van der Waals surface area (Å²) >= 11 is 0. The number of carboxylic acid groups (broad SMARTS) is 1. The minimum absolute atomic E-state index is 0.0381. The zero-order valence-corrected chi connectivity index (χ0v) is 9.46. The molecular weight excluding hydrogens is 216 g/mol. The van der Waals surface area contributed by atoms with Crippen molar-refractivity contribution in [2.75, 3.05) is 33.0 Å². The Labute approximate surface area is 95.1 Å². The topological polar surface area (TPSA) is 96.2 Å². The third-order valence-electron chi connectivity index (χ3n) is 1.14. The van der Waals surface area contributed by atoms with Crippen LogP contribution in [0.3, 0.4) is 0 Å². The summed E-state index contributed by atoms with van der Waals surface area (Å²) < 4.78 is 9.89. The molecule has 0 aromatic rings. The summed E-state index contributed by atoms with van der Waals surface area (Å²) in [5, 5.41) is 24.7. The summed E-state index contributed by atoms with van der Waals surface area (Å²) in [5.41, 5.74) is 0. The van der Waals surface area contributed by atoms with E-state index in [9.17, 15) is 4.79 Å². The van der Waals surface area contributed by atoms with Gasteiger partial charge in [-0.3, -0.25) is 0 Å². The van der Waals surface area contributed by atoms with Crippen LogP contribution in [0.25, 0.3) is 0 Å². The van der Waals surface area contributed by atoms with Crippen molar-refractivity contribution in [2.45, 2.75) is 13.0 Å². The van der Waals surface area contributed by atoms with E-state index in [-0.39, 0.29) is 6.61 Å². The first-order chi connectivity index (χ1) is 7.54. The van der Waals surface area contributed by atoms with Crippen LogP contribution >= 0.6 is 0 Å². The minimum atomic E-state index is -0.981. The lowest BCUT2D eigenvalue weighted by Gasteiger charge is -2.05. The highest BCUT2D eigenvalue weighted by Crippen LogP contribution is 1.83. The Morgan fingerprint density at radius 2 is 1.88 bits per heavy atom. The molecule has 0 bridgehead atoms. The molecule has 1 atom stereocenters. The third kappa shape index (κ3) is 23.1. The summed E-state index contributed by atoms with van der Waals surface area (Å²) in [4.78, 5) is 9.25. The van der Waals surface area contributed by atoms with E-state index in [0.717, 1.165) is 6.08 Å². The van der Waals surface area contributed by atoms with Gasteiger partial charge in [-0.05, 0) is 6.92 Å². The molecule has 16 heavy (non-hydrogen) atoms. The van der Waals surface area contributed by atoms with E-state index >= 15 is 0 Å². The predicted molar refractivity (Wildman–Crippen MR) is 58.2 cm³/mol. The van der Waals surface area contributed by atoms with Gasteiger partial charge in [0.1, 0.15) is 0 Å². The van der Waals surface area contributed by atoms with Crippen LogP contribution in [0.4, 0.5) is 0 Å². The van der Waals surface area contributed by atoms with Crippen LogP contribution in [0, 0.1) is 0 Å². The number of rotatable bonds is 8. The average Bonchev–Trinajstić information content (AvgIpc) is 2.23. The van der Waals surface area contributed by atoms with Crippen molar-refractivity contribution in [2.24, 2.45) is 0 Å². The first-order valence-corrected chi connectivity index (χ1v) is 4.84. The highest BCUT2D eigenvalue weighted by atomic mass is 16.5. The fourth-order valence-electron chi connectivity index (χ4n) is 0.538. The van der Waals surface area contributed by atoms with Gasteiger partial charge in [-0.2, -0.15) is 0 Å². The first kappa shape index (κ1) is 17.4. The Kier molecular flexibility index (Phi) is 15.3. The van der Waals surface area contributed by atoms with Gasteiger partial charge in [-0.1, -0.05) is 6.58 Å². The maximum Gasteiger partial charge on any atom is 0.327 e. The molecule has 0 aromatic carbocycles. The van der Waals surface area contributed by atoms with E-state index in [0.29, 0.717) is 26.4 Å². The number of aliphatic carboxylic acids is 1. The fourth-order valence-corrected chi connectivity index (χ4v) is 0.538. The molecule has 0 saturated carbocycles. The molecule has 0 heterocycles. The molecular formula is C10H20O6. The second-order valence-electron chi connectivity index (χ2n) is 2.80. The number of aliphatic hydroxyl groups is 2. The van der Waals surface area contributed by atoms with Gasteiger partial charge >= 0.3 is 5.97 Å². The molecule has 0 spiro atoms. The molecule has 96 valence electrons. The zero-order chi connectivity index (χ0) is 12.8. The second kappa shape index (κ2) is 14.1. The van der Waals surface area contributed by atoms with Gasteiger partial charge in [0.2, 0.25) is 0 Å². The lowest BCUT2D eigenvalue weighted by molar-refractivity contribution is -0.131. The standard InChI is InChI=1S/C7H16O4.C3H4O2/c1-7(9)6-11-5-4-10-3-2-8;1-2-3(4)5/h7-9H,2-6H2,1H3;2H,1H2,(H,4,5). The fraction of sp³-hybridized carbons (Fsp3) is 0.700. The Bertz CT molecular complexity index is 169. The molecule has 0 aliphatic rings. The van der Waals surface area contributed by atoms with Gasteiger partial charge in [-0.15, -0.1) is 0 Å². The Morgan fingerprint density at radius 3 is 2.25 bits per heavy atom. The van der Waals surface area contributed by atoms with Crippen LogP contribution in [-0.2, 0) is 14.3 Å². The molecule has 0 amide bonds. The lowest BCUT2D eigenvalue weighted by Crippen LogP contribution is -2.14. The molecule has 6 heteroatoms. The van der Waals surface area contributed by atoms with Crippen LogP contribution in [0.5, 0.6) is 0 Å². The molecule has 3 N–H and O–H groups in total. The van der Waals surface area contributed by atoms with E-state index < -0.39 is 12.1 Å². The zero-order valence-electron chi connectivity index (χ0n) is 9.46. The van der Waals surface area contributed by atoms with Crippen LogP contribution in [0.15, 0.2) is 12.7 Å². The van der Waals surface area contributed by atoms with E-state index in [2.05, 4.69) is 6.58 Å². The van der Waals surface area contributed by atoms with Crippen molar-refractivity contribution in [1.29, 1.82) is 0 Å². The van der Waals surface area contributed by atoms with Crippen molar-refractivity contribution in [3.63, 3.8) is 0 Å². The Balaban J connectivity index is 0. The van der Waals surface area contributed by atoms with Crippen molar-refractivity contribution < 1.29 is 29.6 Å². The Hall–Kier alpha value is -0.950. The van der Waals surface area contributed by atoms with Crippen molar-refractivity contribution in [3.05, 3.63) is 12.7 Å². The minimum Gasteiger partial charge on any atom is -0.478 e. The maximum atomic E-state index is 9.25. The highest BCUT2D eigenvalue weighted by Gasteiger charge is 1.94. The van der Waals surface area contributed by atoms with E-state index in [1.807, 2.05) is 0 Å². The molecule has 0 saturated heterocycles. The second-order valence-corrected chi connectivity index (χ2v) is 2.80. The number of carbonyl (C=O) groups is 1. The maximum absolute atomic E-state index is 9.25. The quantitative estimate of drug-likeness (QED) is 0.394. The van der Waals surface area contributed by atoms with Gasteiger partial charge < -0.3 is 24.8 Å². The molecule has 0 rings (SSSR count). The van der Waals surface area contributed by atoms with E-state index in [1.54, 1.807) is 6.92 Å². The number of hydrogen-bond donors (Lipinski definition) is 3. The van der Waals surface area contributed by atoms with Crippen LogP contribution < -0.4 is 0 Å². The lowest BCUT2D eigenvalue weighted by atomic mass is 10.4. The molecule has 0 radical (unpaired) electrons. The average molecular weight is 236 g/mol. The summed E-state index contributed by atoms with van der Waals surface area (Å²) in [6.45, 7) is 6.27. The van der Waals surface area contributed by atoms with E-state index in [1.165, 1.54) is 0 Å². The van der Waals surface area contributed by atoms with E-state index in [4.69, 9.17) is 24.8 Å². The van der Waals surface area contributed by atoms with Gasteiger partial charge in [0, 0.05) is 6.08 Å². The van der Waals surface area contributed by atoms with Crippen LogP contribution in [-0.4, -0.2) is 60.4 Å². The van der Waals surface area contributed by atoms with Crippen molar-refractivity contribution >= 4 is 5.97 Å². The molecule has 0 aromatic heterocycles. The number of carboxylic acids is 1. The Morgan fingerprint density at radius 1 is 1.38 bits per heavy atom. The molecule has 6 nitrogen and oxygen atoms in total. The van der Waals surface area contributed by atoms with Gasteiger partial charge in [0.05, 0.1) is 39.1 Å². The van der Waals surface area contributed by atoms with Crippen LogP contribution in [0.2, 0.25) is 0 Å². The van der Waals surface area contributed by atoms with Gasteiger partial charge in [-0.25, -0.2) is 4.79 Å². The van der Waals surface area contributed by atoms with Crippen LogP contribution in [0.1, 0.15) is 6.92 Å². The molecule has 0 aliphatic carbocycles. The van der Waals surface area contributed by atoms with Crippen molar-refractivity contribution in [1.82, 2.24) is 0 Å². The SMILES string of the molecule is C=CC(=O)O.CC(O)COCCOCCO. The van der Waals surface area contributed by atoms with Gasteiger partial charge in [0.25, 0.3) is 0 Å². The molecule has 0 fully saturated rings. The normalized spacial score (nSPS) is 11.2. The summed E-state index contributed by atoms with van der Waals surface area (Å²) in [7, 11) is 0.